The highest BCUT2D eigenvalue weighted by Gasteiger charge is 2.27. The minimum absolute atomic E-state index is 0.0344. The molecule has 0 spiro atoms. The van der Waals surface area contributed by atoms with E-state index in [1.54, 1.807) is 65.8 Å². The van der Waals surface area contributed by atoms with Gasteiger partial charge in [0.2, 0.25) is 23.6 Å². The van der Waals surface area contributed by atoms with E-state index >= 15 is 0 Å². The fraction of sp³-hybridized carbons (Fsp3) is 0.621. The molecule has 0 aliphatic heterocycles. The van der Waals surface area contributed by atoms with E-state index in [1.807, 2.05) is 0 Å². The number of carbonyl (C=O) groups is 5. The second-order valence-corrected chi connectivity index (χ2v) is 10.1. The highest BCUT2D eigenvalue weighted by Crippen LogP contribution is 2.12. The topological polar surface area (TPSA) is 161 Å². The summed E-state index contributed by atoms with van der Waals surface area (Å²) in [5, 5.41) is 10.8. The van der Waals surface area contributed by atoms with E-state index < -0.39 is 23.9 Å². The van der Waals surface area contributed by atoms with Gasteiger partial charge in [0.1, 0.15) is 18.7 Å². The average molecular weight is 579 g/mol. The Morgan fingerprint density at radius 3 is 2.00 bits per heavy atom. The Hall–Kier alpha value is -3.51. The van der Waals surface area contributed by atoms with Crippen molar-refractivity contribution in [2.75, 3.05) is 38.3 Å². The largest absolute Gasteiger partial charge is 0.461 e. The maximum atomic E-state index is 12.8. The lowest BCUT2D eigenvalue weighted by Gasteiger charge is -2.24. The molecule has 41 heavy (non-hydrogen) atoms. The molecule has 0 aliphatic carbocycles. The third-order valence-corrected chi connectivity index (χ3v) is 5.83. The Kier molecular flexibility index (Phi) is 16.9. The van der Waals surface area contributed by atoms with Crippen molar-refractivity contribution in [3.63, 3.8) is 0 Å². The zero-order valence-electron chi connectivity index (χ0n) is 25.0. The molecule has 1 aromatic rings. The maximum Gasteiger partial charge on any atom is 0.308 e. The molecule has 1 unspecified atom stereocenters. The Morgan fingerprint density at radius 1 is 0.780 bits per heavy atom. The molecular weight excluding hydrogens is 532 g/mol. The summed E-state index contributed by atoms with van der Waals surface area (Å²) in [5.74, 6) is -1.99. The molecule has 12 heteroatoms. The first-order valence-electron chi connectivity index (χ1n) is 14.0. The van der Waals surface area contributed by atoms with Gasteiger partial charge in [-0.05, 0) is 30.5 Å². The number of esters is 1. The number of anilines is 1. The van der Waals surface area contributed by atoms with Gasteiger partial charge >= 0.3 is 5.97 Å². The van der Waals surface area contributed by atoms with Crippen molar-refractivity contribution in [2.24, 2.45) is 11.8 Å². The van der Waals surface area contributed by atoms with Crippen LogP contribution in [0.5, 0.6) is 0 Å². The van der Waals surface area contributed by atoms with E-state index in [4.69, 9.17) is 14.2 Å². The molecule has 4 amide bonds. The van der Waals surface area contributed by atoms with Crippen molar-refractivity contribution in [2.45, 2.75) is 73.1 Å². The second kappa shape index (κ2) is 19.5. The number of benzene rings is 1. The Labute approximate surface area is 242 Å². The van der Waals surface area contributed by atoms with Gasteiger partial charge in [-0.2, -0.15) is 0 Å². The van der Waals surface area contributed by atoms with Gasteiger partial charge in [-0.15, -0.1) is 0 Å². The van der Waals surface area contributed by atoms with E-state index in [2.05, 4.69) is 21.3 Å². The first kappa shape index (κ1) is 35.5. The van der Waals surface area contributed by atoms with Crippen LogP contribution >= 0.6 is 0 Å². The molecule has 2 atom stereocenters. The van der Waals surface area contributed by atoms with Gasteiger partial charge in [-0.3, -0.25) is 24.0 Å². The van der Waals surface area contributed by atoms with Gasteiger partial charge in [0.05, 0.1) is 32.3 Å². The van der Waals surface area contributed by atoms with Crippen LogP contribution in [0.25, 0.3) is 0 Å². The monoisotopic (exact) mass is 578 g/mol. The van der Waals surface area contributed by atoms with Crippen LogP contribution in [0.4, 0.5) is 5.69 Å². The van der Waals surface area contributed by atoms with Crippen molar-refractivity contribution in [3.05, 3.63) is 29.8 Å². The highest BCUT2D eigenvalue weighted by atomic mass is 16.5. The van der Waals surface area contributed by atoms with Gasteiger partial charge in [-0.25, -0.2) is 0 Å². The third kappa shape index (κ3) is 15.2. The molecule has 0 bridgehead atoms. The molecule has 0 aromatic heterocycles. The van der Waals surface area contributed by atoms with Crippen molar-refractivity contribution >= 4 is 35.3 Å². The highest BCUT2D eigenvalue weighted by molar-refractivity contribution is 5.98. The zero-order valence-corrected chi connectivity index (χ0v) is 25.0. The summed E-state index contributed by atoms with van der Waals surface area (Å²) in [4.78, 5) is 60.6. The van der Waals surface area contributed by atoms with Crippen LogP contribution in [0.3, 0.4) is 0 Å². The minimum Gasteiger partial charge on any atom is -0.461 e. The Morgan fingerprint density at radius 2 is 1.41 bits per heavy atom. The molecule has 0 heterocycles. The third-order valence-electron chi connectivity index (χ3n) is 5.83. The van der Waals surface area contributed by atoms with Crippen LogP contribution in [0.15, 0.2) is 24.3 Å². The predicted octanol–water partition coefficient (Wildman–Crippen LogP) is 1.92. The maximum absolute atomic E-state index is 12.8. The second-order valence-electron chi connectivity index (χ2n) is 10.1. The van der Waals surface area contributed by atoms with Crippen LogP contribution in [0, 0.1) is 11.8 Å². The van der Waals surface area contributed by atoms with Crippen molar-refractivity contribution in [3.8, 4) is 0 Å². The van der Waals surface area contributed by atoms with E-state index in [-0.39, 0.29) is 49.3 Å². The standard InChI is InChI=1S/C29H46N4O8/c1-7-24(34)30-13-15-40-17-16-39-14-12-25(35)33-26(19(2)3)28(37)31-21(6)27(36)32-23-10-8-22(9-11-23)18-41-29(38)20(4)5/h8-11,19-21,26H,7,12-18H2,1-6H3,(H,30,34)(H,31,37)(H,32,36)(H,33,35)/t21?,26-/m0/s1. The summed E-state index contributed by atoms with van der Waals surface area (Å²) in [5.41, 5.74) is 1.30. The van der Waals surface area contributed by atoms with E-state index in [1.165, 1.54) is 0 Å². The van der Waals surface area contributed by atoms with Gasteiger partial charge in [0.25, 0.3) is 0 Å². The van der Waals surface area contributed by atoms with Crippen LogP contribution in [0.2, 0.25) is 0 Å². The summed E-state index contributed by atoms with van der Waals surface area (Å²) in [6, 6.07) is 5.16. The predicted molar refractivity (Wildman–Crippen MR) is 154 cm³/mol. The van der Waals surface area contributed by atoms with E-state index in [9.17, 15) is 24.0 Å². The van der Waals surface area contributed by atoms with Crippen molar-refractivity contribution in [1.82, 2.24) is 16.0 Å². The number of amides is 4. The summed E-state index contributed by atoms with van der Waals surface area (Å²) < 4.78 is 15.9. The summed E-state index contributed by atoms with van der Waals surface area (Å²) in [6.45, 7) is 12.2. The van der Waals surface area contributed by atoms with Gasteiger partial charge in [0, 0.05) is 25.1 Å². The molecule has 1 aromatic carbocycles. The number of hydrogen-bond acceptors (Lipinski definition) is 8. The lowest BCUT2D eigenvalue weighted by Crippen LogP contribution is -2.53. The van der Waals surface area contributed by atoms with Gasteiger partial charge in [-0.1, -0.05) is 46.8 Å². The zero-order chi connectivity index (χ0) is 30.8. The van der Waals surface area contributed by atoms with Crippen LogP contribution in [0.1, 0.15) is 59.9 Å². The number of hydrogen-bond donors (Lipinski definition) is 4. The van der Waals surface area contributed by atoms with Gasteiger partial charge < -0.3 is 35.5 Å². The van der Waals surface area contributed by atoms with Gasteiger partial charge in [0.15, 0.2) is 0 Å². The van der Waals surface area contributed by atoms with Crippen LogP contribution < -0.4 is 21.3 Å². The lowest BCUT2D eigenvalue weighted by molar-refractivity contribution is -0.148. The number of carbonyl (C=O) groups excluding carboxylic acids is 5. The minimum atomic E-state index is -0.856. The molecule has 0 aliphatic rings. The first-order chi connectivity index (χ1) is 19.4. The molecule has 0 fully saturated rings. The molecule has 230 valence electrons. The Bertz CT molecular complexity index is 982. The SMILES string of the molecule is CCC(=O)NCCOCCOCCC(=O)N[C@H](C(=O)NC(C)C(=O)Nc1ccc(COC(=O)C(C)C)cc1)C(C)C. The first-order valence-corrected chi connectivity index (χ1v) is 14.0. The summed E-state index contributed by atoms with van der Waals surface area (Å²) in [6.07, 6.45) is 0.487. The number of rotatable bonds is 19. The lowest BCUT2D eigenvalue weighted by atomic mass is 10.0. The van der Waals surface area contributed by atoms with Crippen molar-refractivity contribution in [1.29, 1.82) is 0 Å². The van der Waals surface area contributed by atoms with Crippen LogP contribution in [-0.2, 0) is 44.8 Å². The Balaban J connectivity index is 2.39. The molecule has 0 radical (unpaired) electrons. The summed E-state index contributed by atoms with van der Waals surface area (Å²) in [7, 11) is 0. The molecule has 1 rings (SSSR count). The fourth-order valence-corrected chi connectivity index (χ4v) is 3.28. The molecule has 0 saturated carbocycles. The normalized spacial score (nSPS) is 12.4. The number of nitrogens with one attached hydrogen (secondary N) is 4. The quantitative estimate of drug-likeness (QED) is 0.143. The van der Waals surface area contributed by atoms with Crippen molar-refractivity contribution < 1.29 is 38.2 Å². The summed E-state index contributed by atoms with van der Waals surface area (Å²) >= 11 is 0. The number of ether oxygens (including phenoxy) is 3. The molecular formula is C29H46N4O8. The van der Waals surface area contributed by atoms with Crippen LogP contribution in [-0.4, -0.2) is 74.7 Å². The molecule has 0 saturated heterocycles. The van der Waals surface area contributed by atoms with E-state index in [0.29, 0.717) is 38.5 Å². The average Bonchev–Trinajstić information content (AvgIpc) is 2.93. The molecule has 12 nitrogen and oxygen atoms in total. The smallest absolute Gasteiger partial charge is 0.308 e. The molecule has 4 N–H and O–H groups in total. The van der Waals surface area contributed by atoms with E-state index in [0.717, 1.165) is 5.56 Å². The fourth-order valence-electron chi connectivity index (χ4n) is 3.28.